The molecule has 0 amide bonds. The molecule has 2 aromatic rings. The summed E-state index contributed by atoms with van der Waals surface area (Å²) in [6.07, 6.45) is 14.9. The Labute approximate surface area is 156 Å². The third-order valence-corrected chi connectivity index (χ3v) is 5.45. The van der Waals surface area contributed by atoms with Crippen LogP contribution in [0.3, 0.4) is 0 Å². The number of hydrogen-bond acceptors (Lipinski definition) is 6. The topological polar surface area (TPSA) is 111 Å². The molecule has 1 aliphatic carbocycles. The van der Waals surface area contributed by atoms with E-state index in [1.54, 1.807) is 12.3 Å². The summed E-state index contributed by atoms with van der Waals surface area (Å²) in [4.78, 5) is 20.3. The van der Waals surface area contributed by atoms with Gasteiger partial charge in [-0.25, -0.2) is 9.67 Å². The van der Waals surface area contributed by atoms with Crippen molar-refractivity contribution in [2.45, 2.75) is 37.6 Å². The first-order chi connectivity index (χ1) is 13.3. The van der Waals surface area contributed by atoms with E-state index in [1.807, 2.05) is 16.8 Å². The average molecular weight is 368 g/mol. The van der Waals surface area contributed by atoms with E-state index in [9.17, 15) is 4.79 Å². The molecule has 0 radical (unpaired) electrons. The summed E-state index contributed by atoms with van der Waals surface area (Å²) in [5.74, 6) is 6.41. The first-order valence-corrected chi connectivity index (χ1v) is 9.40. The lowest BCUT2D eigenvalue weighted by atomic mass is 9.73. The van der Waals surface area contributed by atoms with E-state index < -0.39 is 0 Å². The van der Waals surface area contributed by atoms with Crippen molar-refractivity contribution < 1.29 is 4.74 Å². The Kier molecular flexibility index (Phi) is 5.15. The Balaban J connectivity index is 1.59. The number of hydrogen-bond donors (Lipinski definition) is 2. The summed E-state index contributed by atoms with van der Waals surface area (Å²) < 4.78 is 7.35. The molecular formula is C19H24N6O2. The van der Waals surface area contributed by atoms with Crippen molar-refractivity contribution in [1.29, 1.82) is 0 Å². The predicted molar refractivity (Wildman–Crippen MR) is 104 cm³/mol. The Morgan fingerprint density at radius 3 is 2.81 bits per heavy atom. The van der Waals surface area contributed by atoms with Crippen LogP contribution in [0.25, 0.3) is 11.0 Å². The molecule has 3 N–H and O–H groups in total. The van der Waals surface area contributed by atoms with Crippen molar-refractivity contribution in [3.8, 4) is 0 Å². The summed E-state index contributed by atoms with van der Waals surface area (Å²) in [5.41, 5.74) is 0.580. The van der Waals surface area contributed by atoms with Gasteiger partial charge in [-0.2, -0.15) is 10.2 Å². The second kappa shape index (κ2) is 7.87. The normalized spacial score (nSPS) is 24.4. The maximum Gasteiger partial charge on any atom is 0.262 e. The molecule has 142 valence electrons. The fourth-order valence-corrected chi connectivity index (χ4v) is 3.79. The summed E-state index contributed by atoms with van der Waals surface area (Å²) >= 11 is 0. The van der Waals surface area contributed by atoms with Gasteiger partial charge in [0.05, 0.1) is 12.2 Å². The van der Waals surface area contributed by atoms with Crippen molar-refractivity contribution >= 4 is 17.2 Å². The number of rotatable bonds is 5. The van der Waals surface area contributed by atoms with Gasteiger partial charge in [0, 0.05) is 25.3 Å². The summed E-state index contributed by atoms with van der Waals surface area (Å²) in [5, 5.41) is 8.43. The van der Waals surface area contributed by atoms with Gasteiger partial charge in [0.15, 0.2) is 5.65 Å². The molecular weight excluding hydrogens is 344 g/mol. The average Bonchev–Trinajstić information content (AvgIpc) is 3.09. The molecule has 0 unspecified atom stereocenters. The SMILES string of the molecule is N\N=C/C=C\C=C\[C@@H]1CC[C@H]1c1nc2c(cnn2C2CCOCC2)c(=O)[nH]1. The highest BCUT2D eigenvalue weighted by molar-refractivity contribution is 5.73. The molecule has 8 heteroatoms. The fraction of sp³-hybridized carbons (Fsp3) is 0.474. The fourth-order valence-electron chi connectivity index (χ4n) is 3.79. The number of H-pyrrole nitrogens is 1. The lowest BCUT2D eigenvalue weighted by molar-refractivity contribution is 0.0673. The van der Waals surface area contributed by atoms with Crippen LogP contribution in [0, 0.1) is 5.92 Å². The number of nitrogens with zero attached hydrogens (tertiary/aromatic N) is 4. The van der Waals surface area contributed by atoms with Crippen LogP contribution in [0.15, 0.2) is 40.4 Å². The molecule has 2 aliphatic rings. The van der Waals surface area contributed by atoms with Crippen LogP contribution >= 0.6 is 0 Å². The van der Waals surface area contributed by atoms with Gasteiger partial charge in [-0.1, -0.05) is 18.2 Å². The first-order valence-electron chi connectivity index (χ1n) is 9.40. The van der Waals surface area contributed by atoms with Crippen molar-refractivity contribution in [1.82, 2.24) is 19.7 Å². The zero-order valence-corrected chi connectivity index (χ0v) is 15.1. The number of nitrogens with two attached hydrogens (primary N) is 1. The van der Waals surface area contributed by atoms with Gasteiger partial charge in [-0.05, 0) is 37.7 Å². The number of nitrogens with one attached hydrogen (secondary N) is 1. The highest BCUT2D eigenvalue weighted by atomic mass is 16.5. The lowest BCUT2D eigenvalue weighted by Gasteiger charge is -2.33. The smallest absolute Gasteiger partial charge is 0.262 e. The minimum absolute atomic E-state index is 0.109. The molecule has 2 fully saturated rings. The zero-order chi connectivity index (χ0) is 18.6. The zero-order valence-electron chi connectivity index (χ0n) is 15.1. The number of aromatic amines is 1. The number of fused-ring (bicyclic) bond motifs is 1. The van der Waals surface area contributed by atoms with E-state index in [1.165, 1.54) is 6.21 Å². The minimum atomic E-state index is -0.109. The summed E-state index contributed by atoms with van der Waals surface area (Å²) in [6, 6.07) is 0.241. The Morgan fingerprint density at radius 2 is 2.07 bits per heavy atom. The number of hydrazone groups is 1. The maximum atomic E-state index is 12.5. The third-order valence-electron chi connectivity index (χ3n) is 5.45. The monoisotopic (exact) mass is 368 g/mol. The van der Waals surface area contributed by atoms with Gasteiger partial charge in [0.1, 0.15) is 11.2 Å². The van der Waals surface area contributed by atoms with Crippen LogP contribution in [-0.4, -0.2) is 39.2 Å². The number of allylic oxidation sites excluding steroid dienone is 4. The predicted octanol–water partition coefficient (Wildman–Crippen LogP) is 2.02. The van der Waals surface area contributed by atoms with Crippen molar-refractivity contribution in [3.05, 3.63) is 46.7 Å². The molecule has 0 aromatic carbocycles. The van der Waals surface area contributed by atoms with Gasteiger partial charge in [0.25, 0.3) is 5.56 Å². The van der Waals surface area contributed by atoms with Gasteiger partial charge in [-0.3, -0.25) is 4.79 Å². The highest BCUT2D eigenvalue weighted by Crippen LogP contribution is 2.42. The van der Waals surface area contributed by atoms with Gasteiger partial charge < -0.3 is 15.6 Å². The first kappa shape index (κ1) is 17.7. The van der Waals surface area contributed by atoms with Crippen LogP contribution < -0.4 is 11.4 Å². The number of aromatic nitrogens is 4. The van der Waals surface area contributed by atoms with E-state index in [4.69, 9.17) is 15.6 Å². The molecule has 0 spiro atoms. The summed E-state index contributed by atoms with van der Waals surface area (Å²) in [7, 11) is 0. The molecule has 1 saturated heterocycles. The van der Waals surface area contributed by atoms with Crippen LogP contribution in [0.4, 0.5) is 0 Å². The largest absolute Gasteiger partial charge is 0.381 e. The van der Waals surface area contributed by atoms with Crippen molar-refractivity contribution in [2.24, 2.45) is 16.9 Å². The molecule has 8 nitrogen and oxygen atoms in total. The van der Waals surface area contributed by atoms with Gasteiger partial charge in [0.2, 0.25) is 0 Å². The van der Waals surface area contributed by atoms with E-state index in [0.29, 0.717) is 17.0 Å². The number of ether oxygens (including phenoxy) is 1. The van der Waals surface area contributed by atoms with Crippen molar-refractivity contribution in [2.75, 3.05) is 13.2 Å². The van der Waals surface area contributed by atoms with Gasteiger partial charge >= 0.3 is 0 Å². The second-order valence-corrected chi connectivity index (χ2v) is 7.04. The van der Waals surface area contributed by atoms with E-state index in [0.717, 1.165) is 44.7 Å². The Morgan fingerprint density at radius 1 is 1.22 bits per heavy atom. The molecule has 3 heterocycles. The third kappa shape index (κ3) is 3.57. The minimum Gasteiger partial charge on any atom is -0.381 e. The summed E-state index contributed by atoms with van der Waals surface area (Å²) in [6.45, 7) is 1.44. The molecule has 1 saturated carbocycles. The van der Waals surface area contributed by atoms with Crippen molar-refractivity contribution in [3.63, 3.8) is 0 Å². The molecule has 2 aromatic heterocycles. The Bertz CT molecular complexity index is 935. The second-order valence-electron chi connectivity index (χ2n) is 7.04. The molecule has 4 rings (SSSR count). The van der Waals surface area contributed by atoms with E-state index in [-0.39, 0.29) is 17.5 Å². The van der Waals surface area contributed by atoms with Crippen LogP contribution in [0.5, 0.6) is 0 Å². The van der Waals surface area contributed by atoms with Gasteiger partial charge in [-0.15, -0.1) is 0 Å². The van der Waals surface area contributed by atoms with Crippen LogP contribution in [-0.2, 0) is 4.74 Å². The highest BCUT2D eigenvalue weighted by Gasteiger charge is 2.33. The van der Waals surface area contributed by atoms with E-state index >= 15 is 0 Å². The maximum absolute atomic E-state index is 12.5. The quantitative estimate of drug-likeness (QED) is 0.363. The lowest BCUT2D eigenvalue weighted by Crippen LogP contribution is -2.27. The molecule has 2 atom stereocenters. The van der Waals surface area contributed by atoms with E-state index in [2.05, 4.69) is 21.3 Å². The van der Waals surface area contributed by atoms with Crippen LogP contribution in [0.2, 0.25) is 0 Å². The van der Waals surface area contributed by atoms with Crippen LogP contribution in [0.1, 0.15) is 43.5 Å². The molecule has 0 bridgehead atoms. The standard InChI is InChI=1S/C19H24N6O2/c20-21-9-3-1-2-4-13-5-6-15(13)17-23-18-16(19(26)24-17)12-22-25(18)14-7-10-27-11-8-14/h1-4,9,12-15H,5-8,10-11,20H2,(H,23,24,26)/b3-1-,4-2+,21-9-/t13-,15-/m1/s1. The Hall–Kier alpha value is -2.74. The molecule has 1 aliphatic heterocycles. The molecule has 27 heavy (non-hydrogen) atoms.